The van der Waals surface area contributed by atoms with E-state index in [0.29, 0.717) is 5.56 Å². The number of carbonyl (C=O) groups is 3. The van der Waals surface area contributed by atoms with Crippen molar-refractivity contribution in [3.8, 4) is 0 Å². The van der Waals surface area contributed by atoms with Crippen LogP contribution in [-0.4, -0.2) is 65.4 Å². The summed E-state index contributed by atoms with van der Waals surface area (Å²) >= 11 is 5.77. The third-order valence-electron chi connectivity index (χ3n) is 6.18. The first-order chi connectivity index (χ1) is 16.5. The Morgan fingerprint density at radius 1 is 1.23 bits per heavy atom. The minimum absolute atomic E-state index is 0.00829. The van der Waals surface area contributed by atoms with Crippen molar-refractivity contribution >= 4 is 35.3 Å². The van der Waals surface area contributed by atoms with Crippen LogP contribution in [0.1, 0.15) is 18.1 Å². The summed E-state index contributed by atoms with van der Waals surface area (Å²) in [6, 6.07) is 5.19. The molecule has 1 atom stereocenters. The van der Waals surface area contributed by atoms with Crippen molar-refractivity contribution in [3.63, 3.8) is 0 Å². The third kappa shape index (κ3) is 4.90. The number of hydrogen-bond acceptors (Lipinski definition) is 4. The van der Waals surface area contributed by atoms with E-state index in [0.717, 1.165) is 17.9 Å². The second-order valence-corrected chi connectivity index (χ2v) is 9.09. The summed E-state index contributed by atoms with van der Waals surface area (Å²) in [4.78, 5) is 46.4. The molecule has 1 N–H and O–H groups in total. The first-order valence-electron chi connectivity index (χ1n) is 10.9. The number of carbonyl (C=O) groups excluding carboxylic acids is 3. The number of hydrogen-bond donors (Lipinski definition) is 1. The predicted octanol–water partition coefficient (Wildman–Crippen LogP) is 3.00. The standard InChI is InChI=1S/C23H23ClF3N5O3/c1-23(26,27)15-5-3-13(4-6-15)9-31-18(33)12-32(20-17(25)7-16(24)8-29-20)21(34)19(31)14-10-30(11-14)22(35)28-2/h3-8,14,19H,9-12H2,1-2H3,(H,28,35). The molecule has 0 spiro atoms. The second kappa shape index (κ2) is 9.37. The van der Waals surface area contributed by atoms with Gasteiger partial charge in [-0.05, 0) is 11.6 Å². The summed E-state index contributed by atoms with van der Waals surface area (Å²) in [5, 5.41) is 2.55. The molecule has 1 aromatic heterocycles. The van der Waals surface area contributed by atoms with Crippen molar-refractivity contribution in [2.75, 3.05) is 31.6 Å². The lowest BCUT2D eigenvalue weighted by molar-refractivity contribution is -0.148. The number of likely N-dealkylation sites (tertiary alicyclic amines) is 1. The molecule has 4 rings (SSSR count). The Balaban J connectivity index is 1.63. The largest absolute Gasteiger partial charge is 0.341 e. The first-order valence-corrected chi connectivity index (χ1v) is 11.2. The summed E-state index contributed by atoms with van der Waals surface area (Å²) < 4.78 is 41.7. The van der Waals surface area contributed by atoms with Gasteiger partial charge in [0.1, 0.15) is 12.6 Å². The molecule has 186 valence electrons. The molecule has 2 saturated heterocycles. The van der Waals surface area contributed by atoms with E-state index < -0.39 is 42.1 Å². The number of benzene rings is 1. The van der Waals surface area contributed by atoms with Crippen LogP contribution in [0.2, 0.25) is 5.02 Å². The van der Waals surface area contributed by atoms with Gasteiger partial charge in [-0.15, -0.1) is 0 Å². The molecule has 2 aliphatic heterocycles. The van der Waals surface area contributed by atoms with Crippen molar-refractivity contribution in [2.45, 2.75) is 25.4 Å². The number of piperazine rings is 1. The van der Waals surface area contributed by atoms with Gasteiger partial charge in [-0.25, -0.2) is 22.9 Å². The van der Waals surface area contributed by atoms with E-state index in [4.69, 9.17) is 11.6 Å². The Labute approximate surface area is 204 Å². The van der Waals surface area contributed by atoms with E-state index >= 15 is 0 Å². The highest BCUT2D eigenvalue weighted by Gasteiger charge is 2.49. The summed E-state index contributed by atoms with van der Waals surface area (Å²) in [5.41, 5.74) is 0.380. The number of nitrogens with one attached hydrogen (secondary N) is 1. The number of rotatable bonds is 5. The fourth-order valence-electron chi connectivity index (χ4n) is 4.32. The first kappa shape index (κ1) is 24.8. The molecular formula is C23H23ClF3N5O3. The molecule has 8 nitrogen and oxygen atoms in total. The molecule has 0 radical (unpaired) electrons. The van der Waals surface area contributed by atoms with Crippen LogP contribution in [0.4, 0.5) is 23.8 Å². The molecule has 3 heterocycles. The molecule has 0 saturated carbocycles. The van der Waals surface area contributed by atoms with Gasteiger partial charge >= 0.3 is 6.03 Å². The van der Waals surface area contributed by atoms with E-state index in [1.165, 1.54) is 47.3 Å². The van der Waals surface area contributed by atoms with Gasteiger partial charge in [-0.3, -0.25) is 14.5 Å². The Morgan fingerprint density at radius 3 is 2.46 bits per heavy atom. The minimum Gasteiger partial charge on any atom is -0.341 e. The number of nitrogens with zero attached hydrogens (tertiary/aromatic N) is 4. The van der Waals surface area contributed by atoms with Crippen molar-refractivity contribution in [2.24, 2.45) is 5.92 Å². The van der Waals surface area contributed by atoms with Crippen LogP contribution in [0.25, 0.3) is 0 Å². The zero-order valence-corrected chi connectivity index (χ0v) is 19.7. The lowest BCUT2D eigenvalue weighted by Crippen LogP contribution is -2.68. The van der Waals surface area contributed by atoms with Crippen LogP contribution in [0.3, 0.4) is 0 Å². The molecule has 2 aromatic rings. The van der Waals surface area contributed by atoms with Crippen molar-refractivity contribution in [3.05, 3.63) is 58.5 Å². The van der Waals surface area contributed by atoms with Gasteiger partial charge in [0.2, 0.25) is 5.91 Å². The lowest BCUT2D eigenvalue weighted by Gasteiger charge is -2.49. The number of urea groups is 1. The quantitative estimate of drug-likeness (QED) is 0.671. The highest BCUT2D eigenvalue weighted by molar-refractivity contribution is 6.30. The van der Waals surface area contributed by atoms with Crippen molar-refractivity contribution in [1.82, 2.24) is 20.1 Å². The number of halogens is 4. The molecule has 1 aromatic carbocycles. The number of alkyl halides is 2. The monoisotopic (exact) mass is 509 g/mol. The summed E-state index contributed by atoms with van der Waals surface area (Å²) in [6.07, 6.45) is 1.18. The smallest absolute Gasteiger partial charge is 0.317 e. The topological polar surface area (TPSA) is 85.9 Å². The fourth-order valence-corrected chi connectivity index (χ4v) is 4.46. The van der Waals surface area contributed by atoms with E-state index in [1.54, 1.807) is 0 Å². The van der Waals surface area contributed by atoms with E-state index in [-0.39, 0.29) is 42.1 Å². The Bertz CT molecular complexity index is 1150. The van der Waals surface area contributed by atoms with E-state index in [9.17, 15) is 27.6 Å². The maximum atomic E-state index is 14.6. The summed E-state index contributed by atoms with van der Waals surface area (Å²) in [7, 11) is 1.48. The van der Waals surface area contributed by atoms with Gasteiger partial charge in [0.25, 0.3) is 11.8 Å². The number of amides is 4. The van der Waals surface area contributed by atoms with Gasteiger partial charge in [0.05, 0.1) is 5.02 Å². The van der Waals surface area contributed by atoms with Crippen LogP contribution in [0.5, 0.6) is 0 Å². The van der Waals surface area contributed by atoms with Gasteiger partial charge in [0.15, 0.2) is 11.6 Å². The van der Waals surface area contributed by atoms with Gasteiger partial charge in [-0.2, -0.15) is 0 Å². The van der Waals surface area contributed by atoms with Crippen molar-refractivity contribution < 1.29 is 27.6 Å². The molecule has 0 bridgehead atoms. The predicted molar refractivity (Wildman–Crippen MR) is 121 cm³/mol. The Morgan fingerprint density at radius 2 is 1.89 bits per heavy atom. The molecule has 2 fully saturated rings. The molecular weight excluding hydrogens is 487 g/mol. The number of pyridine rings is 1. The lowest BCUT2D eigenvalue weighted by atomic mass is 9.87. The number of aromatic nitrogens is 1. The van der Waals surface area contributed by atoms with Crippen molar-refractivity contribution in [1.29, 1.82) is 0 Å². The zero-order valence-electron chi connectivity index (χ0n) is 19.0. The normalized spacial score (nSPS) is 19.1. The average molecular weight is 510 g/mol. The average Bonchev–Trinajstić information content (AvgIpc) is 2.76. The Hall–Kier alpha value is -3.34. The van der Waals surface area contributed by atoms with Crippen LogP contribution < -0.4 is 10.2 Å². The SMILES string of the molecule is CNC(=O)N1CC(C2C(=O)N(c3ncc(Cl)cc3F)CC(=O)N2Cc2ccc(C(C)(F)F)cc2)C1. The van der Waals surface area contributed by atoms with Gasteiger partial charge < -0.3 is 15.1 Å². The van der Waals surface area contributed by atoms with Crippen LogP contribution in [0, 0.1) is 11.7 Å². The van der Waals surface area contributed by atoms with Gasteiger partial charge in [-0.1, -0.05) is 35.9 Å². The highest BCUT2D eigenvalue weighted by Crippen LogP contribution is 2.32. The summed E-state index contributed by atoms with van der Waals surface area (Å²) in [5.74, 6) is -5.58. The molecule has 35 heavy (non-hydrogen) atoms. The number of anilines is 1. The maximum absolute atomic E-state index is 14.6. The highest BCUT2D eigenvalue weighted by atomic mass is 35.5. The second-order valence-electron chi connectivity index (χ2n) is 8.66. The van der Waals surface area contributed by atoms with E-state index in [1.807, 2.05) is 0 Å². The van der Waals surface area contributed by atoms with Gasteiger partial charge in [0, 0.05) is 51.3 Å². The van der Waals surface area contributed by atoms with Crippen LogP contribution in [0.15, 0.2) is 36.5 Å². The van der Waals surface area contributed by atoms with Crippen LogP contribution >= 0.6 is 11.6 Å². The molecule has 0 aliphatic carbocycles. The third-order valence-corrected chi connectivity index (χ3v) is 6.39. The molecule has 2 aliphatic rings. The van der Waals surface area contributed by atoms with Crippen LogP contribution in [-0.2, 0) is 22.1 Å². The molecule has 4 amide bonds. The minimum atomic E-state index is -3.01. The molecule has 1 unspecified atom stereocenters. The molecule has 12 heteroatoms. The maximum Gasteiger partial charge on any atom is 0.317 e. The zero-order chi connectivity index (χ0) is 25.5. The fraction of sp³-hybridized carbons (Fsp3) is 0.391. The van der Waals surface area contributed by atoms with E-state index in [2.05, 4.69) is 10.3 Å². The Kier molecular flexibility index (Phi) is 6.63. The summed E-state index contributed by atoms with van der Waals surface area (Å²) in [6.45, 7) is 0.762.